The van der Waals surface area contributed by atoms with E-state index in [9.17, 15) is 0 Å². The van der Waals surface area contributed by atoms with Crippen molar-refractivity contribution in [2.75, 3.05) is 7.05 Å². The average Bonchev–Trinajstić information content (AvgIpc) is 2.85. The molecule has 1 heteroatoms. The summed E-state index contributed by atoms with van der Waals surface area (Å²) in [7, 11) is 2.12. The average molecular weight is 245 g/mol. The molecule has 0 amide bonds. The van der Waals surface area contributed by atoms with E-state index in [1.165, 1.54) is 55.2 Å². The molecule has 0 spiro atoms. The van der Waals surface area contributed by atoms with Gasteiger partial charge in [-0.05, 0) is 50.8 Å². The van der Waals surface area contributed by atoms with Crippen LogP contribution in [0, 0.1) is 19.8 Å². The fourth-order valence-electron chi connectivity index (χ4n) is 3.24. The molecule has 1 fully saturated rings. The molecule has 0 heterocycles. The molecule has 0 aromatic heterocycles. The van der Waals surface area contributed by atoms with Gasteiger partial charge in [0, 0.05) is 6.04 Å². The first-order chi connectivity index (χ1) is 8.69. The quantitative estimate of drug-likeness (QED) is 0.826. The van der Waals surface area contributed by atoms with Crippen LogP contribution < -0.4 is 5.32 Å². The first-order valence-corrected chi connectivity index (χ1v) is 7.42. The Hall–Kier alpha value is -0.820. The largest absolute Gasteiger partial charge is 0.317 e. The first-order valence-electron chi connectivity index (χ1n) is 7.42. The Bertz CT molecular complexity index is 377. The van der Waals surface area contributed by atoms with Crippen LogP contribution in [-0.2, 0) is 6.42 Å². The van der Waals surface area contributed by atoms with Crippen LogP contribution in [0.4, 0.5) is 0 Å². The predicted octanol–water partition coefficient (Wildman–Crippen LogP) is 4.01. The van der Waals surface area contributed by atoms with Crippen molar-refractivity contribution in [3.8, 4) is 0 Å². The minimum atomic E-state index is 0.647. The highest BCUT2D eigenvalue weighted by Gasteiger charge is 2.19. The van der Waals surface area contributed by atoms with Crippen LogP contribution in [0.25, 0.3) is 0 Å². The van der Waals surface area contributed by atoms with Gasteiger partial charge in [-0.25, -0.2) is 0 Å². The molecule has 1 aromatic rings. The van der Waals surface area contributed by atoms with E-state index in [1.807, 2.05) is 0 Å². The molecule has 0 bridgehead atoms. The van der Waals surface area contributed by atoms with Crippen LogP contribution in [0.1, 0.15) is 48.8 Å². The molecule has 1 saturated carbocycles. The van der Waals surface area contributed by atoms with Crippen LogP contribution in [0.5, 0.6) is 0 Å². The molecule has 100 valence electrons. The smallest absolute Gasteiger partial charge is 0.0107 e. The molecule has 1 atom stereocenters. The summed E-state index contributed by atoms with van der Waals surface area (Å²) >= 11 is 0. The zero-order chi connectivity index (χ0) is 13.0. The Labute approximate surface area is 112 Å². The van der Waals surface area contributed by atoms with Crippen molar-refractivity contribution >= 4 is 0 Å². The van der Waals surface area contributed by atoms with Crippen LogP contribution in [-0.4, -0.2) is 13.1 Å². The maximum atomic E-state index is 3.52. The van der Waals surface area contributed by atoms with Gasteiger partial charge in [-0.15, -0.1) is 0 Å². The summed E-state index contributed by atoms with van der Waals surface area (Å²) in [5.41, 5.74) is 4.34. The second-order valence-electron chi connectivity index (χ2n) is 6.01. The van der Waals surface area contributed by atoms with E-state index in [0.29, 0.717) is 6.04 Å². The number of benzene rings is 1. The number of nitrogens with one attached hydrogen (secondary N) is 1. The molecule has 2 rings (SSSR count). The molecular formula is C17H27N. The zero-order valence-electron chi connectivity index (χ0n) is 12.1. The summed E-state index contributed by atoms with van der Waals surface area (Å²) in [4.78, 5) is 0. The van der Waals surface area contributed by atoms with Gasteiger partial charge in [0.2, 0.25) is 0 Å². The third-order valence-corrected chi connectivity index (χ3v) is 4.47. The van der Waals surface area contributed by atoms with Crippen LogP contribution >= 0.6 is 0 Å². The summed E-state index contributed by atoms with van der Waals surface area (Å²) in [6, 6.07) is 7.47. The number of hydrogen-bond acceptors (Lipinski definition) is 1. The number of hydrogen-bond donors (Lipinski definition) is 1. The highest BCUT2D eigenvalue weighted by molar-refractivity contribution is 5.31. The Morgan fingerprint density at radius 1 is 1.22 bits per heavy atom. The third kappa shape index (κ3) is 3.58. The van der Waals surface area contributed by atoms with Gasteiger partial charge in [0.1, 0.15) is 0 Å². The van der Waals surface area contributed by atoms with Gasteiger partial charge in [-0.2, -0.15) is 0 Å². The highest BCUT2D eigenvalue weighted by Crippen LogP contribution is 2.29. The fraction of sp³-hybridized carbons (Fsp3) is 0.647. The fourth-order valence-corrected chi connectivity index (χ4v) is 3.24. The normalized spacial score (nSPS) is 18.2. The standard InChI is InChI=1S/C17H27N/c1-13-8-9-14(2)16(10-13)12-17(18-3)11-15-6-4-5-7-15/h8-10,15,17-18H,4-7,11-12H2,1-3H3. The minimum Gasteiger partial charge on any atom is -0.317 e. The number of rotatable bonds is 5. The second kappa shape index (κ2) is 6.38. The lowest BCUT2D eigenvalue weighted by molar-refractivity contribution is 0.402. The topological polar surface area (TPSA) is 12.0 Å². The van der Waals surface area contributed by atoms with Crippen molar-refractivity contribution < 1.29 is 0 Å². The van der Waals surface area contributed by atoms with E-state index in [4.69, 9.17) is 0 Å². The third-order valence-electron chi connectivity index (χ3n) is 4.47. The molecule has 1 aromatic carbocycles. The highest BCUT2D eigenvalue weighted by atomic mass is 14.9. The van der Waals surface area contributed by atoms with Crippen LogP contribution in [0.2, 0.25) is 0 Å². The predicted molar refractivity (Wildman–Crippen MR) is 79.0 cm³/mol. The van der Waals surface area contributed by atoms with E-state index in [-0.39, 0.29) is 0 Å². The van der Waals surface area contributed by atoms with Crippen molar-refractivity contribution in [1.82, 2.24) is 5.32 Å². The molecule has 1 aliphatic carbocycles. The molecule has 18 heavy (non-hydrogen) atoms. The van der Waals surface area contributed by atoms with E-state index < -0.39 is 0 Å². The van der Waals surface area contributed by atoms with Gasteiger partial charge in [0.05, 0.1) is 0 Å². The molecular weight excluding hydrogens is 218 g/mol. The van der Waals surface area contributed by atoms with E-state index >= 15 is 0 Å². The number of likely N-dealkylation sites (N-methyl/N-ethyl adjacent to an activating group) is 1. The summed E-state index contributed by atoms with van der Waals surface area (Å²) < 4.78 is 0. The summed E-state index contributed by atoms with van der Waals surface area (Å²) in [5, 5.41) is 3.52. The van der Waals surface area contributed by atoms with Gasteiger partial charge in [0.15, 0.2) is 0 Å². The Balaban J connectivity index is 1.98. The van der Waals surface area contributed by atoms with Crippen LogP contribution in [0.15, 0.2) is 18.2 Å². The summed E-state index contributed by atoms with van der Waals surface area (Å²) in [6.45, 7) is 4.42. The molecule has 1 unspecified atom stereocenters. The summed E-state index contributed by atoms with van der Waals surface area (Å²) in [5.74, 6) is 0.965. The van der Waals surface area contributed by atoms with Crippen molar-refractivity contribution in [3.05, 3.63) is 34.9 Å². The molecule has 1 nitrogen and oxygen atoms in total. The van der Waals surface area contributed by atoms with E-state index in [0.717, 1.165) is 5.92 Å². The first kappa shape index (κ1) is 13.6. The van der Waals surface area contributed by atoms with Crippen LogP contribution in [0.3, 0.4) is 0 Å². The van der Waals surface area contributed by atoms with Gasteiger partial charge in [0.25, 0.3) is 0 Å². The molecule has 0 saturated heterocycles. The molecule has 0 radical (unpaired) electrons. The molecule has 1 aliphatic rings. The minimum absolute atomic E-state index is 0.647. The summed E-state index contributed by atoms with van der Waals surface area (Å²) in [6.07, 6.45) is 8.33. The number of aryl methyl sites for hydroxylation is 2. The van der Waals surface area contributed by atoms with Gasteiger partial charge < -0.3 is 5.32 Å². The lowest BCUT2D eigenvalue weighted by Gasteiger charge is -2.21. The Kier molecular flexibility index (Phi) is 4.82. The van der Waals surface area contributed by atoms with Gasteiger partial charge >= 0.3 is 0 Å². The maximum Gasteiger partial charge on any atom is 0.0107 e. The van der Waals surface area contributed by atoms with Crippen molar-refractivity contribution in [2.24, 2.45) is 5.92 Å². The Morgan fingerprint density at radius 2 is 1.94 bits per heavy atom. The SMILES string of the molecule is CNC(Cc1cc(C)ccc1C)CC1CCCC1. The Morgan fingerprint density at radius 3 is 2.61 bits per heavy atom. The second-order valence-corrected chi connectivity index (χ2v) is 6.01. The lowest BCUT2D eigenvalue weighted by atomic mass is 9.92. The van der Waals surface area contributed by atoms with Crippen molar-refractivity contribution in [3.63, 3.8) is 0 Å². The van der Waals surface area contributed by atoms with Gasteiger partial charge in [-0.3, -0.25) is 0 Å². The van der Waals surface area contributed by atoms with E-state index in [1.54, 1.807) is 0 Å². The monoisotopic (exact) mass is 245 g/mol. The maximum absolute atomic E-state index is 3.52. The molecule has 1 N–H and O–H groups in total. The van der Waals surface area contributed by atoms with E-state index in [2.05, 4.69) is 44.4 Å². The van der Waals surface area contributed by atoms with Crippen molar-refractivity contribution in [1.29, 1.82) is 0 Å². The van der Waals surface area contributed by atoms with Gasteiger partial charge in [-0.1, -0.05) is 49.4 Å². The lowest BCUT2D eigenvalue weighted by Crippen LogP contribution is -2.30. The zero-order valence-corrected chi connectivity index (χ0v) is 12.1. The van der Waals surface area contributed by atoms with Crippen molar-refractivity contribution in [2.45, 2.75) is 58.4 Å². The molecule has 0 aliphatic heterocycles.